The van der Waals surface area contributed by atoms with E-state index in [9.17, 15) is 0 Å². The molecule has 3 rings (SSSR count). The molecule has 22 heavy (non-hydrogen) atoms. The molecule has 1 aromatic heterocycles. The first-order chi connectivity index (χ1) is 10.4. The summed E-state index contributed by atoms with van der Waals surface area (Å²) >= 11 is 25.1. The molecule has 0 saturated carbocycles. The van der Waals surface area contributed by atoms with Gasteiger partial charge in [0, 0.05) is 39.6 Å². The number of nitrogens with zero attached hydrogens (tertiary/aromatic N) is 1. The van der Waals surface area contributed by atoms with E-state index >= 15 is 0 Å². The first-order valence-corrected chi connectivity index (χ1v) is 8.26. The summed E-state index contributed by atoms with van der Waals surface area (Å²) < 4.78 is 2.07. The van der Waals surface area contributed by atoms with Crippen LogP contribution in [0.1, 0.15) is 16.8 Å². The molecule has 0 aliphatic carbocycles. The molecule has 0 N–H and O–H groups in total. The second-order valence-electron chi connectivity index (χ2n) is 5.35. The van der Waals surface area contributed by atoms with Gasteiger partial charge in [-0.2, -0.15) is 0 Å². The van der Waals surface area contributed by atoms with Crippen LogP contribution in [0.4, 0.5) is 0 Å². The van der Waals surface area contributed by atoms with Crippen molar-refractivity contribution in [2.75, 3.05) is 0 Å². The SMILES string of the molecule is Cc1ccc(Cl)c(Cc2cc3c(Cl)cc(Cl)cc3n2C)c1Cl. The molecule has 5 heteroatoms. The van der Waals surface area contributed by atoms with Gasteiger partial charge >= 0.3 is 0 Å². The van der Waals surface area contributed by atoms with Gasteiger partial charge in [0.2, 0.25) is 0 Å². The summed E-state index contributed by atoms with van der Waals surface area (Å²) in [6.07, 6.45) is 0.637. The maximum Gasteiger partial charge on any atom is 0.0514 e. The van der Waals surface area contributed by atoms with Crippen molar-refractivity contribution in [2.24, 2.45) is 7.05 Å². The average molecular weight is 373 g/mol. The molecule has 0 fully saturated rings. The van der Waals surface area contributed by atoms with E-state index in [2.05, 4.69) is 10.6 Å². The van der Waals surface area contributed by atoms with E-state index in [1.54, 1.807) is 6.07 Å². The van der Waals surface area contributed by atoms with Gasteiger partial charge in [0.05, 0.1) is 10.5 Å². The minimum atomic E-state index is 0.622. The van der Waals surface area contributed by atoms with Gasteiger partial charge in [-0.05, 0) is 42.3 Å². The molecule has 0 radical (unpaired) electrons. The van der Waals surface area contributed by atoms with Gasteiger partial charge in [0.1, 0.15) is 0 Å². The van der Waals surface area contributed by atoms with Crippen molar-refractivity contribution >= 4 is 57.3 Å². The maximum absolute atomic E-state index is 6.42. The minimum absolute atomic E-state index is 0.622. The van der Waals surface area contributed by atoms with Crippen molar-refractivity contribution in [1.82, 2.24) is 4.57 Å². The molecule has 1 nitrogen and oxygen atoms in total. The van der Waals surface area contributed by atoms with Crippen LogP contribution >= 0.6 is 46.4 Å². The largest absolute Gasteiger partial charge is 0.347 e. The fourth-order valence-electron chi connectivity index (χ4n) is 2.64. The smallest absolute Gasteiger partial charge is 0.0514 e. The second kappa shape index (κ2) is 5.98. The van der Waals surface area contributed by atoms with E-state index in [1.165, 1.54) is 0 Å². The highest BCUT2D eigenvalue weighted by Crippen LogP contribution is 2.34. The van der Waals surface area contributed by atoms with E-state index in [-0.39, 0.29) is 0 Å². The third-order valence-electron chi connectivity index (χ3n) is 3.91. The molecule has 0 bridgehead atoms. The fraction of sp³-hybridized carbons (Fsp3) is 0.176. The van der Waals surface area contributed by atoms with Crippen LogP contribution in [-0.2, 0) is 13.5 Å². The van der Waals surface area contributed by atoms with Gasteiger partial charge in [-0.3, -0.25) is 0 Å². The van der Waals surface area contributed by atoms with Gasteiger partial charge in [-0.1, -0.05) is 52.5 Å². The quantitative estimate of drug-likeness (QED) is 0.472. The molecule has 0 atom stereocenters. The summed E-state index contributed by atoms with van der Waals surface area (Å²) in [6.45, 7) is 1.97. The Kier molecular flexibility index (Phi) is 4.35. The number of rotatable bonds is 2. The van der Waals surface area contributed by atoms with E-state index in [0.717, 1.165) is 27.7 Å². The van der Waals surface area contributed by atoms with E-state index in [0.29, 0.717) is 26.5 Å². The predicted octanol–water partition coefficient (Wildman–Crippen LogP) is 6.69. The van der Waals surface area contributed by atoms with Gasteiger partial charge in [0.15, 0.2) is 0 Å². The maximum atomic E-state index is 6.42. The summed E-state index contributed by atoms with van der Waals surface area (Å²) in [5, 5.41) is 3.62. The summed E-state index contributed by atoms with van der Waals surface area (Å²) in [6, 6.07) is 9.52. The lowest BCUT2D eigenvalue weighted by atomic mass is 10.1. The summed E-state index contributed by atoms with van der Waals surface area (Å²) in [4.78, 5) is 0. The van der Waals surface area contributed by atoms with Crippen molar-refractivity contribution in [2.45, 2.75) is 13.3 Å². The van der Waals surface area contributed by atoms with E-state index < -0.39 is 0 Å². The fourth-order valence-corrected chi connectivity index (χ4v) is 3.68. The molecule has 3 aromatic rings. The van der Waals surface area contributed by atoms with Gasteiger partial charge in [-0.15, -0.1) is 0 Å². The molecule has 0 unspecified atom stereocenters. The van der Waals surface area contributed by atoms with Crippen LogP contribution < -0.4 is 0 Å². The zero-order valence-electron chi connectivity index (χ0n) is 12.1. The highest BCUT2D eigenvalue weighted by molar-refractivity contribution is 6.38. The van der Waals surface area contributed by atoms with Crippen LogP contribution in [0.2, 0.25) is 20.1 Å². The Labute approximate surface area is 149 Å². The van der Waals surface area contributed by atoms with Crippen LogP contribution in [0.15, 0.2) is 30.3 Å². The zero-order chi connectivity index (χ0) is 16.0. The number of hydrogen-bond acceptors (Lipinski definition) is 0. The lowest BCUT2D eigenvalue weighted by molar-refractivity contribution is 0.880. The monoisotopic (exact) mass is 371 g/mol. The highest BCUT2D eigenvalue weighted by atomic mass is 35.5. The van der Waals surface area contributed by atoms with Crippen LogP contribution in [0.5, 0.6) is 0 Å². The Balaban J connectivity index is 2.15. The summed E-state index contributed by atoms with van der Waals surface area (Å²) in [7, 11) is 1.99. The summed E-state index contributed by atoms with van der Waals surface area (Å²) in [5.74, 6) is 0. The first-order valence-electron chi connectivity index (χ1n) is 6.75. The topological polar surface area (TPSA) is 4.93 Å². The number of benzene rings is 2. The molecular weight excluding hydrogens is 360 g/mol. The van der Waals surface area contributed by atoms with Crippen LogP contribution in [0.25, 0.3) is 10.9 Å². The lowest BCUT2D eigenvalue weighted by Gasteiger charge is -2.10. The number of aromatic nitrogens is 1. The Morgan fingerprint density at radius 1 is 0.955 bits per heavy atom. The van der Waals surface area contributed by atoms with E-state index in [1.807, 2.05) is 32.2 Å². The number of halogens is 4. The molecule has 0 saturated heterocycles. The van der Waals surface area contributed by atoms with Crippen molar-refractivity contribution in [3.05, 3.63) is 67.2 Å². The Bertz CT molecular complexity index is 880. The molecule has 0 amide bonds. The van der Waals surface area contributed by atoms with Crippen molar-refractivity contribution < 1.29 is 0 Å². The summed E-state index contributed by atoms with van der Waals surface area (Å²) in [5.41, 5.74) is 4.01. The molecule has 2 aromatic carbocycles. The molecule has 1 heterocycles. The molecule has 114 valence electrons. The van der Waals surface area contributed by atoms with Gasteiger partial charge in [0.25, 0.3) is 0 Å². The predicted molar refractivity (Wildman–Crippen MR) is 96.9 cm³/mol. The molecular formula is C17H13Cl4N. The van der Waals surface area contributed by atoms with Crippen molar-refractivity contribution in [1.29, 1.82) is 0 Å². The number of aryl methyl sites for hydroxylation is 2. The Morgan fingerprint density at radius 2 is 1.68 bits per heavy atom. The van der Waals surface area contributed by atoms with Crippen LogP contribution in [0.3, 0.4) is 0 Å². The lowest BCUT2D eigenvalue weighted by Crippen LogP contribution is -1.99. The van der Waals surface area contributed by atoms with Gasteiger partial charge in [-0.25, -0.2) is 0 Å². The Morgan fingerprint density at radius 3 is 2.41 bits per heavy atom. The van der Waals surface area contributed by atoms with Crippen LogP contribution in [0, 0.1) is 6.92 Å². The highest BCUT2D eigenvalue weighted by Gasteiger charge is 2.14. The zero-order valence-corrected chi connectivity index (χ0v) is 15.1. The van der Waals surface area contributed by atoms with Crippen LogP contribution in [-0.4, -0.2) is 4.57 Å². The van der Waals surface area contributed by atoms with Crippen molar-refractivity contribution in [3.8, 4) is 0 Å². The minimum Gasteiger partial charge on any atom is -0.347 e. The standard InChI is InChI=1S/C17H13Cl4N/c1-9-3-4-14(19)13(17(9)21)8-11-7-12-15(20)5-10(18)6-16(12)22(11)2/h3-7H,8H2,1-2H3. The third kappa shape index (κ3) is 2.72. The average Bonchev–Trinajstić information content (AvgIpc) is 2.77. The third-order valence-corrected chi connectivity index (χ3v) is 5.32. The van der Waals surface area contributed by atoms with Crippen molar-refractivity contribution in [3.63, 3.8) is 0 Å². The molecule has 0 spiro atoms. The normalized spacial score (nSPS) is 11.4. The van der Waals surface area contributed by atoms with E-state index in [4.69, 9.17) is 46.4 Å². The second-order valence-corrected chi connectivity index (χ2v) is 6.98. The number of fused-ring (bicyclic) bond motifs is 1. The first kappa shape index (κ1) is 16.0. The molecule has 0 aliphatic heterocycles. The Hall–Kier alpha value is -0.860. The number of hydrogen-bond donors (Lipinski definition) is 0. The molecule has 0 aliphatic rings. The van der Waals surface area contributed by atoms with Gasteiger partial charge < -0.3 is 4.57 Å².